The van der Waals surface area contributed by atoms with Crippen LogP contribution in [0.1, 0.15) is 32.6 Å². The summed E-state index contributed by atoms with van der Waals surface area (Å²) in [5.41, 5.74) is 5.91. The number of nitrogen functional groups attached to an aromatic ring is 1. The van der Waals surface area contributed by atoms with Gasteiger partial charge in [-0.05, 0) is 12.5 Å². The van der Waals surface area contributed by atoms with Gasteiger partial charge in [-0.25, -0.2) is 8.78 Å². The third kappa shape index (κ3) is 3.35. The van der Waals surface area contributed by atoms with E-state index < -0.39 is 11.6 Å². The summed E-state index contributed by atoms with van der Waals surface area (Å²) in [5, 5.41) is 4.18. The summed E-state index contributed by atoms with van der Waals surface area (Å²) in [5.74, 6) is -1.15. The van der Waals surface area contributed by atoms with Crippen LogP contribution in [0.2, 0.25) is 0 Å². The minimum absolute atomic E-state index is 0.182. The molecule has 0 aliphatic heterocycles. The summed E-state index contributed by atoms with van der Waals surface area (Å²) in [4.78, 5) is 0. The second kappa shape index (κ2) is 6.50. The van der Waals surface area contributed by atoms with Gasteiger partial charge in [0.1, 0.15) is 11.6 Å². The number of hydrogen-bond acceptors (Lipinski definition) is 2. The van der Waals surface area contributed by atoms with Crippen LogP contribution >= 0.6 is 0 Å². The van der Waals surface area contributed by atoms with Gasteiger partial charge in [0.25, 0.3) is 0 Å². The van der Waals surface area contributed by atoms with Gasteiger partial charge in [-0.15, -0.1) is 0 Å². The summed E-state index contributed by atoms with van der Waals surface area (Å²) in [6.07, 6.45) is 7.85. The summed E-state index contributed by atoms with van der Waals surface area (Å²) in [6.45, 7) is 2.95. The Kier molecular flexibility index (Phi) is 4.71. The van der Waals surface area contributed by atoms with Crippen molar-refractivity contribution in [2.75, 3.05) is 5.73 Å². The Morgan fingerprint density at radius 1 is 1.15 bits per heavy atom. The van der Waals surface area contributed by atoms with Gasteiger partial charge >= 0.3 is 0 Å². The first-order chi connectivity index (χ1) is 9.61. The number of aryl methyl sites for hydroxylation is 1. The van der Waals surface area contributed by atoms with E-state index in [0.717, 1.165) is 31.5 Å². The molecule has 1 aromatic heterocycles. The van der Waals surface area contributed by atoms with Gasteiger partial charge in [0.15, 0.2) is 0 Å². The molecule has 0 aliphatic rings. The largest absolute Gasteiger partial charge is 0.396 e. The zero-order valence-electron chi connectivity index (χ0n) is 11.6. The molecule has 0 bridgehead atoms. The van der Waals surface area contributed by atoms with Crippen molar-refractivity contribution in [2.45, 2.75) is 39.2 Å². The lowest BCUT2D eigenvalue weighted by atomic mass is 10.1. The first-order valence-electron chi connectivity index (χ1n) is 6.89. The molecule has 5 heteroatoms. The minimum atomic E-state index is -0.614. The number of rotatable bonds is 6. The van der Waals surface area contributed by atoms with Gasteiger partial charge in [0, 0.05) is 29.9 Å². The Bertz CT molecular complexity index is 578. The predicted octanol–water partition coefficient (Wildman–Crippen LogP) is 3.99. The first-order valence-corrected chi connectivity index (χ1v) is 6.89. The number of nitrogens with zero attached hydrogens (tertiary/aromatic N) is 2. The second-order valence-electron chi connectivity index (χ2n) is 4.91. The van der Waals surface area contributed by atoms with Gasteiger partial charge in [-0.2, -0.15) is 5.10 Å². The number of hydrogen-bond donors (Lipinski definition) is 1. The Morgan fingerprint density at radius 3 is 2.70 bits per heavy atom. The number of benzene rings is 1. The molecule has 2 aromatic rings. The Labute approximate surface area is 117 Å². The molecule has 2 N–H and O–H groups in total. The lowest BCUT2D eigenvalue weighted by molar-refractivity contribution is 0.541. The number of halogens is 2. The molecule has 0 unspecified atom stereocenters. The van der Waals surface area contributed by atoms with Crippen molar-refractivity contribution >= 4 is 5.69 Å². The third-order valence-corrected chi connectivity index (χ3v) is 3.27. The van der Waals surface area contributed by atoms with Gasteiger partial charge in [-0.1, -0.05) is 26.2 Å². The molecule has 0 amide bonds. The van der Waals surface area contributed by atoms with Crippen LogP contribution in [-0.2, 0) is 6.54 Å². The zero-order chi connectivity index (χ0) is 14.5. The second-order valence-corrected chi connectivity index (χ2v) is 4.91. The molecule has 0 atom stereocenters. The standard InChI is InChI=1S/C15H19F2N3/c1-2-3-4-5-6-20-10-11(9-19-20)12-7-14(17)15(18)8-13(12)16/h7-10H,2-6,18H2,1H3. The zero-order valence-corrected chi connectivity index (χ0v) is 11.6. The summed E-state index contributed by atoms with van der Waals surface area (Å²) >= 11 is 0. The molecule has 3 nitrogen and oxygen atoms in total. The van der Waals surface area contributed by atoms with Crippen LogP contribution < -0.4 is 5.73 Å². The van der Waals surface area contributed by atoms with Gasteiger partial charge in [0.2, 0.25) is 0 Å². The maximum absolute atomic E-state index is 13.8. The van der Waals surface area contributed by atoms with Crippen LogP contribution in [0.25, 0.3) is 11.1 Å². The van der Waals surface area contributed by atoms with Crippen molar-refractivity contribution in [3.63, 3.8) is 0 Å². The average Bonchev–Trinajstić information content (AvgIpc) is 2.87. The van der Waals surface area contributed by atoms with Crippen LogP contribution in [0.3, 0.4) is 0 Å². The molecule has 108 valence electrons. The van der Waals surface area contributed by atoms with Crippen LogP contribution in [0, 0.1) is 11.6 Å². The third-order valence-electron chi connectivity index (χ3n) is 3.27. The van der Waals surface area contributed by atoms with Crippen molar-refractivity contribution < 1.29 is 8.78 Å². The van der Waals surface area contributed by atoms with E-state index in [-0.39, 0.29) is 11.3 Å². The highest BCUT2D eigenvalue weighted by molar-refractivity contribution is 5.65. The summed E-state index contributed by atoms with van der Waals surface area (Å²) in [6, 6.07) is 2.12. The minimum Gasteiger partial charge on any atom is -0.396 e. The molecular formula is C15H19F2N3. The predicted molar refractivity (Wildman–Crippen MR) is 76.1 cm³/mol. The number of anilines is 1. The van der Waals surface area contributed by atoms with Crippen LogP contribution in [0.5, 0.6) is 0 Å². The van der Waals surface area contributed by atoms with Crippen LogP contribution in [0.4, 0.5) is 14.5 Å². The fraction of sp³-hybridized carbons (Fsp3) is 0.400. The van der Waals surface area contributed by atoms with Crippen molar-refractivity contribution in [2.24, 2.45) is 0 Å². The number of nitrogens with two attached hydrogens (primary N) is 1. The van der Waals surface area contributed by atoms with Crippen molar-refractivity contribution in [1.29, 1.82) is 0 Å². The lowest BCUT2D eigenvalue weighted by Crippen LogP contribution is -1.98. The Hall–Kier alpha value is -1.91. The molecule has 0 saturated carbocycles. The van der Waals surface area contributed by atoms with Crippen LogP contribution in [-0.4, -0.2) is 9.78 Å². The highest BCUT2D eigenvalue weighted by Gasteiger charge is 2.11. The number of unbranched alkanes of at least 4 members (excludes halogenated alkanes) is 3. The number of aromatic nitrogens is 2. The first kappa shape index (κ1) is 14.5. The molecule has 20 heavy (non-hydrogen) atoms. The molecule has 1 aromatic carbocycles. The quantitative estimate of drug-likeness (QED) is 0.642. The van der Waals surface area contributed by atoms with E-state index in [1.807, 2.05) is 0 Å². The molecule has 1 heterocycles. The van der Waals surface area contributed by atoms with Crippen molar-refractivity contribution in [3.8, 4) is 11.1 Å². The molecular weight excluding hydrogens is 260 g/mol. The Balaban J connectivity index is 2.10. The van der Waals surface area contributed by atoms with Gasteiger partial charge in [-0.3, -0.25) is 4.68 Å². The molecule has 0 spiro atoms. The van der Waals surface area contributed by atoms with Crippen molar-refractivity contribution in [3.05, 3.63) is 36.2 Å². The molecule has 0 fully saturated rings. The SMILES string of the molecule is CCCCCCn1cc(-c2cc(F)c(N)cc2F)cn1. The van der Waals surface area contributed by atoms with Crippen molar-refractivity contribution in [1.82, 2.24) is 9.78 Å². The van der Waals surface area contributed by atoms with Gasteiger partial charge in [0.05, 0.1) is 11.9 Å². The lowest BCUT2D eigenvalue weighted by Gasteiger charge is -2.03. The van der Waals surface area contributed by atoms with Gasteiger partial charge < -0.3 is 5.73 Å². The highest BCUT2D eigenvalue weighted by atomic mass is 19.1. The normalized spacial score (nSPS) is 10.9. The molecule has 0 saturated heterocycles. The maximum atomic E-state index is 13.8. The average molecular weight is 279 g/mol. The fourth-order valence-corrected chi connectivity index (χ4v) is 2.11. The van der Waals surface area contributed by atoms with E-state index in [0.29, 0.717) is 5.56 Å². The monoisotopic (exact) mass is 279 g/mol. The molecule has 0 aliphatic carbocycles. The Morgan fingerprint density at radius 2 is 1.95 bits per heavy atom. The topological polar surface area (TPSA) is 43.8 Å². The smallest absolute Gasteiger partial charge is 0.146 e. The highest BCUT2D eigenvalue weighted by Crippen LogP contribution is 2.26. The van der Waals surface area contributed by atoms with E-state index in [1.165, 1.54) is 12.8 Å². The summed E-state index contributed by atoms with van der Waals surface area (Å²) < 4.78 is 29.0. The van der Waals surface area contributed by atoms with E-state index in [4.69, 9.17) is 5.73 Å². The van der Waals surface area contributed by atoms with E-state index in [9.17, 15) is 8.78 Å². The summed E-state index contributed by atoms with van der Waals surface area (Å²) in [7, 11) is 0. The van der Waals surface area contributed by atoms with E-state index in [2.05, 4.69) is 12.0 Å². The fourth-order valence-electron chi connectivity index (χ4n) is 2.11. The van der Waals surface area contributed by atoms with E-state index in [1.54, 1.807) is 17.1 Å². The van der Waals surface area contributed by atoms with E-state index >= 15 is 0 Å². The maximum Gasteiger partial charge on any atom is 0.146 e. The molecule has 2 rings (SSSR count). The van der Waals surface area contributed by atoms with Crippen LogP contribution in [0.15, 0.2) is 24.5 Å². The molecule has 0 radical (unpaired) electrons.